The van der Waals surface area contributed by atoms with Crippen molar-refractivity contribution in [3.8, 4) is 17.0 Å². The summed E-state index contributed by atoms with van der Waals surface area (Å²) in [4.78, 5) is 16.9. The molecule has 136 valence electrons. The Balaban J connectivity index is 1.65. The first kappa shape index (κ1) is 17.6. The van der Waals surface area contributed by atoms with Gasteiger partial charge < -0.3 is 10.1 Å². The third kappa shape index (κ3) is 3.53. The Morgan fingerprint density at radius 1 is 1.19 bits per heavy atom. The first-order valence-corrected chi connectivity index (χ1v) is 9.24. The Labute approximate surface area is 163 Å². The maximum absolute atomic E-state index is 12.3. The molecule has 1 aliphatic heterocycles. The van der Waals surface area contributed by atoms with E-state index in [4.69, 9.17) is 16.3 Å². The number of nitrogens with zero attached hydrogens (tertiary/aromatic N) is 1. The van der Waals surface area contributed by atoms with Crippen molar-refractivity contribution in [1.29, 1.82) is 0 Å². The van der Waals surface area contributed by atoms with Gasteiger partial charge in [-0.05, 0) is 42.2 Å². The van der Waals surface area contributed by atoms with Gasteiger partial charge in [-0.25, -0.2) is 0 Å². The molecule has 0 atom stereocenters. The Morgan fingerprint density at radius 2 is 2.00 bits per heavy atom. The fourth-order valence-corrected chi connectivity index (χ4v) is 3.49. The van der Waals surface area contributed by atoms with Crippen molar-refractivity contribution in [2.24, 2.45) is 0 Å². The van der Waals surface area contributed by atoms with Crippen molar-refractivity contribution < 1.29 is 9.53 Å². The van der Waals surface area contributed by atoms with Crippen LogP contribution in [0.25, 0.3) is 11.3 Å². The molecule has 0 radical (unpaired) electrons. The second kappa shape index (κ2) is 7.41. The highest BCUT2D eigenvalue weighted by molar-refractivity contribution is 6.33. The number of carbonyl (C=O) groups excluding carboxylic acids is 1. The molecule has 1 N–H and O–H groups in total. The molecule has 1 amide bonds. The number of rotatable bonds is 3. The highest BCUT2D eigenvalue weighted by Gasteiger charge is 2.22. The molecule has 0 spiro atoms. The molecule has 0 unspecified atom stereocenters. The Morgan fingerprint density at radius 3 is 2.74 bits per heavy atom. The van der Waals surface area contributed by atoms with Crippen LogP contribution in [0.3, 0.4) is 0 Å². The molecule has 0 aliphatic carbocycles. The van der Waals surface area contributed by atoms with E-state index in [1.807, 2.05) is 55.6 Å². The topological polar surface area (TPSA) is 51.2 Å². The lowest BCUT2D eigenvalue weighted by Gasteiger charge is -2.15. The van der Waals surface area contributed by atoms with Gasteiger partial charge >= 0.3 is 0 Å². The average molecular weight is 379 g/mol. The van der Waals surface area contributed by atoms with Crippen LogP contribution < -0.4 is 10.1 Å². The molecular weight excluding hydrogens is 360 g/mol. The summed E-state index contributed by atoms with van der Waals surface area (Å²) in [5.74, 6) is 0.327. The molecule has 4 nitrogen and oxygen atoms in total. The molecule has 0 saturated heterocycles. The van der Waals surface area contributed by atoms with Crippen LogP contribution in [-0.2, 0) is 6.42 Å². The SMILES string of the molecule is Cc1c(Cc2ccc(-c3ccccc3)nc2)cc2c(c1Cl)OCCNC2=O. The number of nitrogens with one attached hydrogen (secondary N) is 1. The summed E-state index contributed by atoms with van der Waals surface area (Å²) >= 11 is 6.51. The molecule has 0 fully saturated rings. The van der Waals surface area contributed by atoms with Crippen LogP contribution in [0.2, 0.25) is 5.02 Å². The lowest BCUT2D eigenvalue weighted by atomic mass is 9.97. The Bertz CT molecular complexity index is 985. The molecule has 1 aliphatic rings. The van der Waals surface area contributed by atoms with Crippen LogP contribution in [0.4, 0.5) is 0 Å². The van der Waals surface area contributed by atoms with E-state index in [1.165, 1.54) is 0 Å². The highest BCUT2D eigenvalue weighted by Crippen LogP contribution is 2.36. The van der Waals surface area contributed by atoms with Crippen molar-refractivity contribution >= 4 is 17.5 Å². The molecule has 1 aromatic heterocycles. The van der Waals surface area contributed by atoms with Gasteiger partial charge in [0, 0.05) is 11.8 Å². The van der Waals surface area contributed by atoms with Gasteiger partial charge in [0.2, 0.25) is 0 Å². The maximum atomic E-state index is 12.3. The number of hydrogen-bond donors (Lipinski definition) is 1. The van der Waals surface area contributed by atoms with E-state index >= 15 is 0 Å². The monoisotopic (exact) mass is 378 g/mol. The summed E-state index contributed by atoms with van der Waals surface area (Å²) in [5.41, 5.74) is 5.49. The molecule has 0 bridgehead atoms. The summed E-state index contributed by atoms with van der Waals surface area (Å²) in [6, 6.07) is 16.0. The first-order chi connectivity index (χ1) is 13.1. The van der Waals surface area contributed by atoms with E-state index in [-0.39, 0.29) is 5.91 Å². The minimum Gasteiger partial charge on any atom is -0.489 e. The standard InChI is InChI=1S/C22H19ClN2O2/c1-14-17(12-18-21(20(14)23)27-10-9-24-22(18)26)11-15-7-8-19(25-13-15)16-5-3-2-4-6-16/h2-8,12-13H,9-11H2,1H3,(H,24,26). The Hall–Kier alpha value is -2.85. The minimum atomic E-state index is -0.150. The third-order valence-corrected chi connectivity index (χ3v) is 5.20. The Kier molecular flexibility index (Phi) is 4.82. The lowest BCUT2D eigenvalue weighted by molar-refractivity contribution is 0.0957. The van der Waals surface area contributed by atoms with Gasteiger partial charge in [0.05, 0.1) is 22.8 Å². The van der Waals surface area contributed by atoms with E-state index in [0.29, 0.717) is 35.9 Å². The van der Waals surface area contributed by atoms with E-state index < -0.39 is 0 Å². The zero-order valence-electron chi connectivity index (χ0n) is 15.0. The normalized spacial score (nSPS) is 13.3. The predicted molar refractivity (Wildman–Crippen MR) is 106 cm³/mol. The van der Waals surface area contributed by atoms with Crippen LogP contribution in [0.1, 0.15) is 27.0 Å². The number of carbonyl (C=O) groups is 1. The van der Waals surface area contributed by atoms with Crippen molar-refractivity contribution in [3.05, 3.63) is 82.0 Å². The molecule has 3 aromatic rings. The number of pyridine rings is 1. The number of aromatic nitrogens is 1. The molecule has 0 saturated carbocycles. The van der Waals surface area contributed by atoms with Gasteiger partial charge in [-0.15, -0.1) is 0 Å². The summed E-state index contributed by atoms with van der Waals surface area (Å²) in [7, 11) is 0. The highest BCUT2D eigenvalue weighted by atomic mass is 35.5. The molecule has 27 heavy (non-hydrogen) atoms. The van der Waals surface area contributed by atoms with Gasteiger partial charge in [0.25, 0.3) is 5.91 Å². The maximum Gasteiger partial charge on any atom is 0.255 e. The summed E-state index contributed by atoms with van der Waals surface area (Å²) in [6.45, 7) is 2.85. The molecule has 2 aromatic carbocycles. The number of benzene rings is 2. The number of ether oxygens (including phenoxy) is 1. The quantitative estimate of drug-likeness (QED) is 0.733. The summed E-state index contributed by atoms with van der Waals surface area (Å²) in [6.07, 6.45) is 2.52. The molecule has 5 heteroatoms. The number of hydrogen-bond acceptors (Lipinski definition) is 3. The van der Waals surface area contributed by atoms with Crippen LogP contribution in [0.15, 0.2) is 54.7 Å². The van der Waals surface area contributed by atoms with Gasteiger partial charge in [0.15, 0.2) is 5.75 Å². The zero-order valence-corrected chi connectivity index (χ0v) is 15.7. The van der Waals surface area contributed by atoms with Crippen LogP contribution in [0, 0.1) is 6.92 Å². The largest absolute Gasteiger partial charge is 0.489 e. The molecule has 2 heterocycles. The van der Waals surface area contributed by atoms with Crippen LogP contribution >= 0.6 is 11.6 Å². The fourth-order valence-electron chi connectivity index (χ4n) is 3.21. The zero-order chi connectivity index (χ0) is 18.8. The fraction of sp³-hybridized carbons (Fsp3) is 0.182. The predicted octanol–water partition coefficient (Wildman–Crippen LogP) is 4.42. The number of amides is 1. The average Bonchev–Trinajstić information content (AvgIpc) is 2.89. The second-order valence-electron chi connectivity index (χ2n) is 6.55. The third-order valence-electron chi connectivity index (χ3n) is 4.74. The van der Waals surface area contributed by atoms with Crippen molar-refractivity contribution in [2.45, 2.75) is 13.3 Å². The van der Waals surface area contributed by atoms with Crippen molar-refractivity contribution in [1.82, 2.24) is 10.3 Å². The van der Waals surface area contributed by atoms with E-state index in [2.05, 4.69) is 16.4 Å². The van der Waals surface area contributed by atoms with Crippen molar-refractivity contribution in [2.75, 3.05) is 13.2 Å². The van der Waals surface area contributed by atoms with Gasteiger partial charge in [-0.3, -0.25) is 9.78 Å². The second-order valence-corrected chi connectivity index (χ2v) is 6.93. The van der Waals surface area contributed by atoms with E-state index in [1.54, 1.807) is 0 Å². The van der Waals surface area contributed by atoms with Gasteiger partial charge in [0.1, 0.15) is 6.61 Å². The van der Waals surface area contributed by atoms with Gasteiger partial charge in [-0.1, -0.05) is 48.0 Å². The minimum absolute atomic E-state index is 0.150. The summed E-state index contributed by atoms with van der Waals surface area (Å²) < 4.78 is 5.67. The number of halogens is 1. The molecule has 4 rings (SSSR count). The smallest absolute Gasteiger partial charge is 0.255 e. The number of fused-ring (bicyclic) bond motifs is 1. The lowest BCUT2D eigenvalue weighted by Crippen LogP contribution is -2.24. The van der Waals surface area contributed by atoms with Gasteiger partial charge in [-0.2, -0.15) is 0 Å². The van der Waals surface area contributed by atoms with Crippen LogP contribution in [-0.4, -0.2) is 24.0 Å². The van der Waals surface area contributed by atoms with Crippen LogP contribution in [0.5, 0.6) is 5.75 Å². The molecular formula is C22H19ClN2O2. The van der Waals surface area contributed by atoms with E-state index in [9.17, 15) is 4.79 Å². The van der Waals surface area contributed by atoms with Crippen molar-refractivity contribution in [3.63, 3.8) is 0 Å². The first-order valence-electron chi connectivity index (χ1n) is 8.87. The van der Waals surface area contributed by atoms with E-state index in [0.717, 1.165) is 27.9 Å². The summed E-state index contributed by atoms with van der Waals surface area (Å²) in [5, 5.41) is 3.34.